The van der Waals surface area contributed by atoms with Crippen molar-refractivity contribution >= 4 is 35.3 Å². The molecule has 0 saturated carbocycles. The summed E-state index contributed by atoms with van der Waals surface area (Å²) in [4.78, 5) is 22.6. The van der Waals surface area contributed by atoms with Gasteiger partial charge in [-0.3, -0.25) is 18.8 Å². The molecule has 0 amide bonds. The molecule has 0 bridgehead atoms. The van der Waals surface area contributed by atoms with E-state index >= 15 is 0 Å². The van der Waals surface area contributed by atoms with Gasteiger partial charge in [-0.15, -0.1) is 0 Å². The van der Waals surface area contributed by atoms with Gasteiger partial charge in [0.05, 0.1) is 12.1 Å². The molecule has 1 atom stereocenters. The van der Waals surface area contributed by atoms with E-state index in [0.717, 1.165) is 0 Å². The summed E-state index contributed by atoms with van der Waals surface area (Å²) < 4.78 is 19.0. The monoisotopic (exact) mass is 324 g/mol. The highest BCUT2D eigenvalue weighted by Crippen LogP contribution is 2.41. The Kier molecular flexibility index (Phi) is 4.49. The standard InChI is InChI=1S/C14H17N2O5P/c1-4-21-22(3,20)10-5-6-11-12(7-10)16(8-13(18)19)15-14(11)9(2)17/h5-7H,4,8H2,1-3H3,(H,18,19). The van der Waals surface area contributed by atoms with Gasteiger partial charge in [0.1, 0.15) is 12.2 Å². The van der Waals surface area contributed by atoms with Gasteiger partial charge in [-0.1, -0.05) is 0 Å². The second-order valence-corrected chi connectivity index (χ2v) is 7.39. The third-order valence-corrected chi connectivity index (χ3v) is 5.17. The molecule has 2 aromatic rings. The summed E-state index contributed by atoms with van der Waals surface area (Å²) in [6.45, 7) is 4.54. The Morgan fingerprint density at radius 1 is 1.41 bits per heavy atom. The quantitative estimate of drug-likeness (QED) is 0.643. The Labute approximate surface area is 127 Å². The smallest absolute Gasteiger partial charge is 0.325 e. The number of ketones is 1. The zero-order chi connectivity index (χ0) is 16.5. The molecule has 8 heteroatoms. The van der Waals surface area contributed by atoms with Crippen molar-refractivity contribution in [3.63, 3.8) is 0 Å². The van der Waals surface area contributed by atoms with E-state index in [9.17, 15) is 14.2 Å². The molecule has 2 rings (SSSR count). The highest BCUT2D eigenvalue weighted by Gasteiger charge is 2.22. The lowest BCUT2D eigenvalue weighted by Crippen LogP contribution is -2.12. The average molecular weight is 324 g/mol. The van der Waals surface area contributed by atoms with Crippen LogP contribution in [0.1, 0.15) is 24.3 Å². The molecular weight excluding hydrogens is 307 g/mol. The van der Waals surface area contributed by atoms with Crippen LogP contribution in [0.2, 0.25) is 0 Å². The summed E-state index contributed by atoms with van der Waals surface area (Å²) in [5.41, 5.74) is 0.650. The van der Waals surface area contributed by atoms with Gasteiger partial charge >= 0.3 is 5.97 Å². The molecule has 0 aliphatic heterocycles. The van der Waals surface area contributed by atoms with Crippen LogP contribution in [0.15, 0.2) is 18.2 Å². The van der Waals surface area contributed by atoms with Crippen LogP contribution < -0.4 is 5.30 Å². The largest absolute Gasteiger partial charge is 0.480 e. The van der Waals surface area contributed by atoms with Gasteiger partial charge in [0.25, 0.3) is 0 Å². The lowest BCUT2D eigenvalue weighted by Gasteiger charge is -2.13. The van der Waals surface area contributed by atoms with Crippen molar-refractivity contribution in [3.8, 4) is 0 Å². The van der Waals surface area contributed by atoms with E-state index in [1.807, 2.05) is 0 Å². The van der Waals surface area contributed by atoms with Crippen molar-refractivity contribution < 1.29 is 23.8 Å². The lowest BCUT2D eigenvalue weighted by molar-refractivity contribution is -0.137. The topological polar surface area (TPSA) is 98.5 Å². The third-order valence-electron chi connectivity index (χ3n) is 3.20. The van der Waals surface area contributed by atoms with Gasteiger partial charge in [-0.25, -0.2) is 0 Å². The summed E-state index contributed by atoms with van der Waals surface area (Å²) in [7, 11) is -2.99. The molecule has 0 aliphatic rings. The van der Waals surface area contributed by atoms with Gasteiger partial charge < -0.3 is 9.63 Å². The second-order valence-electron chi connectivity index (χ2n) is 4.92. The number of nitrogens with zero attached hydrogens (tertiary/aromatic N) is 2. The van der Waals surface area contributed by atoms with Gasteiger partial charge in [0.2, 0.25) is 7.37 Å². The predicted molar refractivity (Wildman–Crippen MR) is 82.2 cm³/mol. The van der Waals surface area contributed by atoms with Crippen molar-refractivity contribution in [2.75, 3.05) is 13.3 Å². The van der Waals surface area contributed by atoms with Crippen LogP contribution in [0.5, 0.6) is 0 Å². The highest BCUT2D eigenvalue weighted by molar-refractivity contribution is 7.66. The molecule has 1 heterocycles. The molecule has 0 aliphatic carbocycles. The summed E-state index contributed by atoms with van der Waals surface area (Å²) in [6.07, 6.45) is 0. The SMILES string of the molecule is CCOP(C)(=O)c1ccc2c(C(C)=O)nn(CC(=O)O)c2c1. The molecule has 0 radical (unpaired) electrons. The average Bonchev–Trinajstić information content (AvgIpc) is 2.76. The first-order valence-electron chi connectivity index (χ1n) is 6.72. The van der Waals surface area contributed by atoms with Crippen LogP contribution >= 0.6 is 7.37 Å². The van der Waals surface area contributed by atoms with Gasteiger partial charge in [0, 0.05) is 24.3 Å². The normalized spacial score (nSPS) is 14.0. The highest BCUT2D eigenvalue weighted by atomic mass is 31.2. The zero-order valence-electron chi connectivity index (χ0n) is 12.6. The number of hydrogen-bond donors (Lipinski definition) is 1. The van der Waals surface area contributed by atoms with Crippen molar-refractivity contribution in [3.05, 3.63) is 23.9 Å². The fourth-order valence-corrected chi connectivity index (χ4v) is 3.59. The van der Waals surface area contributed by atoms with Crippen LogP contribution in [0.4, 0.5) is 0 Å². The Morgan fingerprint density at radius 3 is 2.64 bits per heavy atom. The molecule has 7 nitrogen and oxygen atoms in total. The van der Waals surface area contributed by atoms with E-state index < -0.39 is 13.3 Å². The zero-order valence-corrected chi connectivity index (χ0v) is 13.5. The van der Waals surface area contributed by atoms with Crippen LogP contribution in [-0.4, -0.2) is 39.9 Å². The molecule has 1 N–H and O–H groups in total. The van der Waals surface area contributed by atoms with Crippen LogP contribution in [0, 0.1) is 0 Å². The van der Waals surface area contributed by atoms with E-state index in [-0.39, 0.29) is 18.0 Å². The Morgan fingerprint density at radius 2 is 2.09 bits per heavy atom. The molecule has 1 aromatic heterocycles. The van der Waals surface area contributed by atoms with E-state index in [2.05, 4.69) is 5.10 Å². The van der Waals surface area contributed by atoms with Crippen LogP contribution in [-0.2, 0) is 20.4 Å². The molecule has 22 heavy (non-hydrogen) atoms. The number of rotatable bonds is 6. The van der Waals surface area contributed by atoms with Crippen LogP contribution in [0.3, 0.4) is 0 Å². The van der Waals surface area contributed by atoms with Crippen molar-refractivity contribution in [1.29, 1.82) is 0 Å². The number of carbonyl (C=O) groups excluding carboxylic acids is 1. The summed E-state index contributed by atoms with van der Waals surface area (Å²) >= 11 is 0. The Balaban J connectivity index is 2.66. The van der Waals surface area contributed by atoms with Crippen LogP contribution in [0.25, 0.3) is 10.9 Å². The summed E-state index contributed by atoms with van der Waals surface area (Å²) in [6, 6.07) is 4.83. The first-order chi connectivity index (χ1) is 10.3. The second kappa shape index (κ2) is 6.02. The summed E-state index contributed by atoms with van der Waals surface area (Å²) in [5, 5.41) is 14.0. The van der Waals surface area contributed by atoms with Crippen molar-refractivity contribution in [1.82, 2.24) is 9.78 Å². The molecule has 0 fully saturated rings. The fraction of sp³-hybridized carbons (Fsp3) is 0.357. The number of hydrogen-bond acceptors (Lipinski definition) is 5. The predicted octanol–water partition coefficient (Wildman–Crippen LogP) is 1.89. The molecule has 0 saturated heterocycles. The molecule has 1 aromatic carbocycles. The number of carbonyl (C=O) groups is 2. The van der Waals surface area contributed by atoms with Crippen molar-refractivity contribution in [2.24, 2.45) is 0 Å². The fourth-order valence-electron chi connectivity index (χ4n) is 2.24. The lowest BCUT2D eigenvalue weighted by atomic mass is 10.2. The maximum absolute atomic E-state index is 12.5. The summed E-state index contributed by atoms with van der Waals surface area (Å²) in [5.74, 6) is -1.33. The molecular formula is C14H17N2O5P. The maximum Gasteiger partial charge on any atom is 0.325 e. The first kappa shape index (κ1) is 16.4. The van der Waals surface area contributed by atoms with E-state index in [0.29, 0.717) is 22.8 Å². The number of aromatic nitrogens is 2. The third kappa shape index (κ3) is 3.10. The number of aliphatic carboxylic acids is 1. The van der Waals surface area contributed by atoms with Crippen molar-refractivity contribution in [2.45, 2.75) is 20.4 Å². The minimum absolute atomic E-state index is 0.199. The van der Waals surface area contributed by atoms with Gasteiger partial charge in [0.15, 0.2) is 5.78 Å². The molecule has 0 spiro atoms. The Bertz CT molecular complexity index is 796. The number of benzene rings is 1. The van der Waals surface area contributed by atoms with E-state index in [1.165, 1.54) is 18.3 Å². The maximum atomic E-state index is 12.5. The number of Topliss-reactive ketones (excluding diaryl/α,β-unsaturated/α-hetero) is 1. The molecule has 118 valence electrons. The first-order valence-corrected chi connectivity index (χ1v) is 8.79. The number of carboxylic acid groups (broad SMARTS) is 1. The van der Waals surface area contributed by atoms with E-state index in [1.54, 1.807) is 25.1 Å². The minimum atomic E-state index is -2.99. The van der Waals surface area contributed by atoms with Gasteiger partial charge in [-0.2, -0.15) is 5.10 Å². The van der Waals surface area contributed by atoms with Gasteiger partial charge in [-0.05, 0) is 25.1 Å². The minimum Gasteiger partial charge on any atom is -0.480 e. The number of carboxylic acids is 1. The molecule has 1 unspecified atom stereocenters. The van der Waals surface area contributed by atoms with E-state index in [4.69, 9.17) is 9.63 Å². The Hall–Kier alpha value is -1.98. The number of fused-ring (bicyclic) bond motifs is 1.